The van der Waals surface area contributed by atoms with Gasteiger partial charge < -0.3 is 10.4 Å². The summed E-state index contributed by atoms with van der Waals surface area (Å²) < 4.78 is 0.838. The van der Waals surface area contributed by atoms with E-state index in [1.807, 2.05) is 6.07 Å². The summed E-state index contributed by atoms with van der Waals surface area (Å²) >= 11 is 7.53. The van der Waals surface area contributed by atoms with Crippen LogP contribution in [0.4, 0.5) is 0 Å². The van der Waals surface area contributed by atoms with Crippen molar-refractivity contribution >= 4 is 22.9 Å². The summed E-state index contributed by atoms with van der Waals surface area (Å²) in [6.07, 6.45) is 3.16. The Morgan fingerprint density at radius 1 is 1.56 bits per heavy atom. The van der Waals surface area contributed by atoms with Gasteiger partial charge in [0.1, 0.15) is 0 Å². The maximum absolute atomic E-state index is 9.72. The van der Waals surface area contributed by atoms with Gasteiger partial charge in [-0.2, -0.15) is 0 Å². The van der Waals surface area contributed by atoms with Gasteiger partial charge in [-0.25, -0.2) is 0 Å². The van der Waals surface area contributed by atoms with Crippen LogP contribution in [-0.2, 0) is 0 Å². The van der Waals surface area contributed by atoms with Crippen LogP contribution in [0.5, 0.6) is 0 Å². The van der Waals surface area contributed by atoms with Crippen LogP contribution in [0.1, 0.15) is 37.1 Å². The molecule has 1 aliphatic carbocycles. The van der Waals surface area contributed by atoms with Crippen LogP contribution < -0.4 is 5.32 Å². The predicted molar refractivity (Wildman–Crippen MR) is 69.1 cm³/mol. The first-order valence-corrected chi connectivity index (χ1v) is 7.03. The molecular weight excluding hydrogens is 242 g/mol. The zero-order valence-corrected chi connectivity index (χ0v) is 11.0. The van der Waals surface area contributed by atoms with Gasteiger partial charge in [0.05, 0.1) is 10.4 Å². The van der Waals surface area contributed by atoms with Crippen LogP contribution in [0.25, 0.3) is 0 Å². The second-order valence-electron chi connectivity index (χ2n) is 4.53. The monoisotopic (exact) mass is 259 g/mol. The Labute approximate surface area is 106 Å². The van der Waals surface area contributed by atoms with Crippen LogP contribution >= 0.6 is 22.9 Å². The Bertz CT molecular complexity index is 342. The van der Waals surface area contributed by atoms with E-state index in [2.05, 4.69) is 18.3 Å². The van der Waals surface area contributed by atoms with Crippen molar-refractivity contribution in [2.24, 2.45) is 5.92 Å². The first kappa shape index (κ1) is 12.4. The molecule has 16 heavy (non-hydrogen) atoms. The second-order valence-corrected chi connectivity index (χ2v) is 6.28. The molecule has 2 nitrogen and oxygen atoms in total. The molecule has 3 atom stereocenters. The highest BCUT2D eigenvalue weighted by atomic mass is 35.5. The highest BCUT2D eigenvalue weighted by Gasteiger charge is 2.25. The van der Waals surface area contributed by atoms with E-state index >= 15 is 0 Å². The van der Waals surface area contributed by atoms with E-state index in [1.54, 1.807) is 11.3 Å². The standard InChI is InChI=1S/C12H18ClNOS/c1-8(11-5-6-12(13)16-11)14-7-9-3-2-4-10(9)15/h5-6,8-10,14-15H,2-4,7H2,1H3. The zero-order chi connectivity index (χ0) is 11.5. The van der Waals surface area contributed by atoms with Crippen molar-refractivity contribution < 1.29 is 5.11 Å². The lowest BCUT2D eigenvalue weighted by molar-refractivity contribution is 0.130. The summed E-state index contributed by atoms with van der Waals surface area (Å²) in [5, 5.41) is 13.2. The maximum Gasteiger partial charge on any atom is 0.0931 e. The van der Waals surface area contributed by atoms with Crippen LogP contribution in [-0.4, -0.2) is 17.8 Å². The van der Waals surface area contributed by atoms with Crippen LogP contribution in [0.2, 0.25) is 4.34 Å². The number of thiophene rings is 1. The van der Waals surface area contributed by atoms with Crippen molar-refractivity contribution in [3.8, 4) is 0 Å². The van der Waals surface area contributed by atoms with Gasteiger partial charge in [-0.15, -0.1) is 11.3 Å². The molecule has 1 fully saturated rings. The summed E-state index contributed by atoms with van der Waals surface area (Å²) in [6.45, 7) is 3.04. The van der Waals surface area contributed by atoms with Crippen molar-refractivity contribution in [1.29, 1.82) is 0 Å². The van der Waals surface area contributed by atoms with Gasteiger partial charge in [0.15, 0.2) is 0 Å². The van der Waals surface area contributed by atoms with E-state index < -0.39 is 0 Å². The fraction of sp³-hybridized carbons (Fsp3) is 0.667. The maximum atomic E-state index is 9.72. The quantitative estimate of drug-likeness (QED) is 0.870. The van der Waals surface area contributed by atoms with Crippen molar-refractivity contribution in [3.63, 3.8) is 0 Å². The first-order valence-electron chi connectivity index (χ1n) is 5.83. The Kier molecular flexibility index (Phi) is 4.25. The number of rotatable bonds is 4. The minimum Gasteiger partial charge on any atom is -0.393 e. The third-order valence-electron chi connectivity index (χ3n) is 3.33. The molecule has 0 aliphatic heterocycles. The number of halogens is 1. The summed E-state index contributed by atoms with van der Waals surface area (Å²) in [4.78, 5) is 1.26. The molecule has 1 heterocycles. The molecule has 0 aromatic carbocycles. The topological polar surface area (TPSA) is 32.3 Å². The summed E-state index contributed by atoms with van der Waals surface area (Å²) in [6, 6.07) is 4.32. The lowest BCUT2D eigenvalue weighted by Crippen LogP contribution is -2.29. The van der Waals surface area contributed by atoms with Crippen LogP contribution in [0.3, 0.4) is 0 Å². The Hall–Kier alpha value is -0.0900. The minimum atomic E-state index is -0.105. The lowest BCUT2D eigenvalue weighted by atomic mass is 10.1. The number of hydrogen-bond donors (Lipinski definition) is 2. The highest BCUT2D eigenvalue weighted by molar-refractivity contribution is 7.16. The van der Waals surface area contributed by atoms with E-state index in [0.29, 0.717) is 12.0 Å². The fourth-order valence-corrected chi connectivity index (χ4v) is 3.33. The van der Waals surface area contributed by atoms with Gasteiger partial charge in [-0.1, -0.05) is 18.0 Å². The molecule has 90 valence electrons. The van der Waals surface area contributed by atoms with Gasteiger partial charge in [0, 0.05) is 17.5 Å². The lowest BCUT2D eigenvalue weighted by Gasteiger charge is -2.18. The van der Waals surface area contributed by atoms with Crippen LogP contribution in [0.15, 0.2) is 12.1 Å². The third kappa shape index (κ3) is 2.98. The fourth-order valence-electron chi connectivity index (χ4n) is 2.25. The third-order valence-corrected chi connectivity index (χ3v) is 4.74. The zero-order valence-electron chi connectivity index (χ0n) is 9.45. The van der Waals surface area contributed by atoms with Gasteiger partial charge >= 0.3 is 0 Å². The van der Waals surface area contributed by atoms with Crippen LogP contribution in [0, 0.1) is 5.92 Å². The van der Waals surface area contributed by atoms with Gasteiger partial charge in [-0.05, 0) is 37.8 Å². The molecular formula is C12H18ClNOS. The molecule has 1 saturated carbocycles. The molecule has 0 radical (unpaired) electrons. The largest absolute Gasteiger partial charge is 0.393 e. The van der Waals surface area contributed by atoms with Gasteiger partial charge in [-0.3, -0.25) is 0 Å². The predicted octanol–water partition coefficient (Wildman–Crippen LogP) is 3.21. The van der Waals surface area contributed by atoms with E-state index in [4.69, 9.17) is 11.6 Å². The molecule has 1 aromatic heterocycles. The molecule has 0 spiro atoms. The Balaban J connectivity index is 1.81. The number of hydrogen-bond acceptors (Lipinski definition) is 3. The second kappa shape index (κ2) is 5.50. The van der Waals surface area contributed by atoms with E-state index in [-0.39, 0.29) is 6.10 Å². The van der Waals surface area contributed by atoms with E-state index in [1.165, 1.54) is 4.88 Å². The van der Waals surface area contributed by atoms with Crippen molar-refractivity contribution in [3.05, 3.63) is 21.3 Å². The van der Waals surface area contributed by atoms with E-state index in [0.717, 1.165) is 30.1 Å². The molecule has 3 unspecified atom stereocenters. The summed E-state index contributed by atoms with van der Waals surface area (Å²) in [7, 11) is 0. The average molecular weight is 260 g/mol. The first-order chi connectivity index (χ1) is 7.66. The molecule has 2 rings (SSSR count). The van der Waals surface area contributed by atoms with Crippen molar-refractivity contribution in [2.75, 3.05) is 6.54 Å². The summed E-state index contributed by atoms with van der Waals surface area (Å²) in [5.74, 6) is 0.429. The smallest absolute Gasteiger partial charge is 0.0931 e. The normalized spacial score (nSPS) is 27.2. The number of aliphatic hydroxyl groups is 1. The molecule has 1 aromatic rings. The van der Waals surface area contributed by atoms with E-state index in [9.17, 15) is 5.11 Å². The SMILES string of the molecule is CC(NCC1CCCC1O)c1ccc(Cl)s1. The number of nitrogens with one attached hydrogen (secondary N) is 1. The molecule has 4 heteroatoms. The Morgan fingerprint density at radius 3 is 2.94 bits per heavy atom. The molecule has 1 aliphatic rings. The molecule has 0 saturated heterocycles. The highest BCUT2D eigenvalue weighted by Crippen LogP contribution is 2.28. The Morgan fingerprint density at radius 2 is 2.38 bits per heavy atom. The number of aliphatic hydroxyl groups excluding tert-OH is 1. The van der Waals surface area contributed by atoms with Crippen molar-refractivity contribution in [1.82, 2.24) is 5.32 Å². The molecule has 2 N–H and O–H groups in total. The summed E-state index contributed by atoms with van der Waals surface area (Å²) in [5.41, 5.74) is 0. The van der Waals surface area contributed by atoms with Gasteiger partial charge in [0.25, 0.3) is 0 Å². The molecule has 0 amide bonds. The average Bonchev–Trinajstić information content (AvgIpc) is 2.84. The van der Waals surface area contributed by atoms with Crippen molar-refractivity contribution in [2.45, 2.75) is 38.3 Å². The molecule has 0 bridgehead atoms. The van der Waals surface area contributed by atoms with Gasteiger partial charge in [0.2, 0.25) is 0 Å². The minimum absolute atomic E-state index is 0.105.